The van der Waals surface area contributed by atoms with Crippen LogP contribution >= 0.6 is 15.9 Å². The van der Waals surface area contributed by atoms with E-state index in [1.807, 2.05) is 0 Å². The molecule has 3 heteroatoms. The molecule has 0 bridgehead atoms. The topological polar surface area (TPSA) is 17.1 Å². The van der Waals surface area contributed by atoms with Gasteiger partial charge >= 0.3 is 0 Å². The fourth-order valence-electron chi connectivity index (χ4n) is 0.933. The predicted octanol–water partition coefficient (Wildman–Crippen LogP) is 3.10. The lowest BCUT2D eigenvalue weighted by molar-refractivity contribution is 0.101. The van der Waals surface area contributed by atoms with E-state index in [0.717, 1.165) is 0 Å². The van der Waals surface area contributed by atoms with Crippen molar-refractivity contribution in [3.63, 3.8) is 0 Å². The van der Waals surface area contributed by atoms with E-state index in [-0.39, 0.29) is 11.6 Å². The number of benzene rings is 1. The first-order valence-electron chi connectivity index (χ1n) is 3.49. The summed E-state index contributed by atoms with van der Waals surface area (Å²) >= 11 is 3.17. The number of carbonyl (C=O) groups is 1. The summed E-state index contributed by atoms with van der Waals surface area (Å²) in [6.07, 6.45) is 0. The molecule has 0 radical (unpaired) electrons. The second-order valence-electron chi connectivity index (χ2n) is 2.59. The Labute approximate surface area is 78.7 Å². The zero-order valence-corrected chi connectivity index (χ0v) is 8.40. The molecule has 0 saturated carbocycles. The van der Waals surface area contributed by atoms with E-state index >= 15 is 0 Å². The van der Waals surface area contributed by atoms with E-state index in [1.165, 1.54) is 19.1 Å². The number of halogens is 2. The minimum Gasteiger partial charge on any atom is -0.294 e. The highest BCUT2D eigenvalue weighted by atomic mass is 79.9. The van der Waals surface area contributed by atoms with Crippen LogP contribution in [0.2, 0.25) is 0 Å². The van der Waals surface area contributed by atoms with Gasteiger partial charge in [0.2, 0.25) is 0 Å². The van der Waals surface area contributed by atoms with Crippen molar-refractivity contribution in [1.29, 1.82) is 0 Å². The molecule has 1 aromatic carbocycles. The predicted molar refractivity (Wildman–Crippen MR) is 48.8 cm³/mol. The first-order valence-corrected chi connectivity index (χ1v) is 4.29. The van der Waals surface area contributed by atoms with Gasteiger partial charge in [-0.1, -0.05) is 0 Å². The van der Waals surface area contributed by atoms with Crippen LogP contribution in [0.25, 0.3) is 0 Å². The maximum Gasteiger partial charge on any atom is 0.160 e. The van der Waals surface area contributed by atoms with Gasteiger partial charge in [0.05, 0.1) is 0 Å². The Balaban J connectivity index is 3.36. The summed E-state index contributed by atoms with van der Waals surface area (Å²) in [7, 11) is 0. The largest absolute Gasteiger partial charge is 0.294 e. The molecule has 0 saturated heterocycles. The lowest BCUT2D eigenvalue weighted by Gasteiger charge is -2.03. The zero-order valence-electron chi connectivity index (χ0n) is 6.82. The number of Topliss-reactive ketones (excluding diaryl/α,β-unsaturated/α-hetero) is 1. The summed E-state index contributed by atoms with van der Waals surface area (Å²) in [5, 5.41) is 0. The highest BCUT2D eigenvalue weighted by Crippen LogP contribution is 2.23. The van der Waals surface area contributed by atoms with E-state index in [0.29, 0.717) is 15.6 Å². The summed E-state index contributed by atoms with van der Waals surface area (Å²) in [5.41, 5.74) is 0.997. The van der Waals surface area contributed by atoms with E-state index in [4.69, 9.17) is 0 Å². The van der Waals surface area contributed by atoms with Crippen molar-refractivity contribution in [3.05, 3.63) is 33.5 Å². The molecule has 0 aliphatic carbocycles. The standard InChI is InChI=1S/C9H8BrFO/c1-5-8(11)4-3-7(6(2)12)9(5)10/h3-4H,1-2H3. The Bertz CT molecular complexity index is 334. The molecule has 0 unspecified atom stereocenters. The molecule has 0 spiro atoms. The maximum absolute atomic E-state index is 12.9. The second-order valence-corrected chi connectivity index (χ2v) is 3.38. The third-order valence-electron chi connectivity index (χ3n) is 1.70. The molecule has 0 aliphatic heterocycles. The van der Waals surface area contributed by atoms with E-state index in [9.17, 15) is 9.18 Å². The van der Waals surface area contributed by atoms with Crippen molar-refractivity contribution >= 4 is 21.7 Å². The Morgan fingerprint density at radius 2 is 2.08 bits per heavy atom. The fraction of sp³-hybridized carbons (Fsp3) is 0.222. The van der Waals surface area contributed by atoms with E-state index in [2.05, 4.69) is 15.9 Å². The van der Waals surface area contributed by atoms with Gasteiger partial charge in [-0.15, -0.1) is 0 Å². The lowest BCUT2D eigenvalue weighted by atomic mass is 10.1. The van der Waals surface area contributed by atoms with E-state index < -0.39 is 0 Å². The fourth-order valence-corrected chi connectivity index (χ4v) is 1.53. The van der Waals surface area contributed by atoms with Gasteiger partial charge in [-0.05, 0) is 47.5 Å². The SMILES string of the molecule is CC(=O)c1ccc(F)c(C)c1Br. The van der Waals surface area contributed by atoms with Crippen molar-refractivity contribution in [2.45, 2.75) is 13.8 Å². The summed E-state index contributed by atoms with van der Waals surface area (Å²) in [6, 6.07) is 2.78. The zero-order chi connectivity index (χ0) is 9.30. The summed E-state index contributed by atoms with van der Waals surface area (Å²) < 4.78 is 13.4. The summed E-state index contributed by atoms with van der Waals surface area (Å²) in [5.74, 6) is -0.364. The molecule has 0 amide bonds. The number of hydrogen-bond acceptors (Lipinski definition) is 1. The van der Waals surface area contributed by atoms with Gasteiger partial charge in [0, 0.05) is 10.0 Å². The lowest BCUT2D eigenvalue weighted by Crippen LogP contribution is -1.96. The van der Waals surface area contributed by atoms with Gasteiger partial charge in [0.1, 0.15) is 5.82 Å². The Kier molecular flexibility index (Phi) is 2.62. The summed E-state index contributed by atoms with van der Waals surface area (Å²) in [4.78, 5) is 11.0. The molecule has 1 aromatic rings. The molecule has 64 valence electrons. The molecule has 0 N–H and O–H groups in total. The third kappa shape index (κ3) is 1.55. The van der Waals surface area contributed by atoms with Gasteiger partial charge < -0.3 is 0 Å². The number of ketones is 1. The minimum absolute atomic E-state index is 0.0648. The molecule has 0 heterocycles. The highest BCUT2D eigenvalue weighted by Gasteiger charge is 2.09. The quantitative estimate of drug-likeness (QED) is 0.678. The molecule has 0 fully saturated rings. The third-order valence-corrected chi connectivity index (χ3v) is 2.72. The molecular formula is C9H8BrFO. The van der Waals surface area contributed by atoms with Crippen LogP contribution in [0.4, 0.5) is 4.39 Å². The number of rotatable bonds is 1. The molecule has 1 rings (SSSR count). The Morgan fingerprint density at radius 3 is 2.58 bits per heavy atom. The molecule has 12 heavy (non-hydrogen) atoms. The van der Waals surface area contributed by atoms with E-state index in [1.54, 1.807) is 6.92 Å². The van der Waals surface area contributed by atoms with Crippen LogP contribution in [0.5, 0.6) is 0 Å². The van der Waals surface area contributed by atoms with Gasteiger partial charge in [-0.2, -0.15) is 0 Å². The van der Waals surface area contributed by atoms with Crippen molar-refractivity contribution < 1.29 is 9.18 Å². The van der Waals surface area contributed by atoms with Crippen LogP contribution in [0.1, 0.15) is 22.8 Å². The normalized spacial score (nSPS) is 10.0. The number of carbonyl (C=O) groups excluding carboxylic acids is 1. The average molecular weight is 231 g/mol. The van der Waals surface area contributed by atoms with Crippen LogP contribution in [-0.4, -0.2) is 5.78 Å². The molecule has 0 aliphatic rings. The van der Waals surface area contributed by atoms with Gasteiger partial charge in [-0.3, -0.25) is 4.79 Å². The van der Waals surface area contributed by atoms with Crippen LogP contribution in [0.15, 0.2) is 16.6 Å². The monoisotopic (exact) mass is 230 g/mol. The average Bonchev–Trinajstić information content (AvgIpc) is 2.00. The molecular weight excluding hydrogens is 223 g/mol. The second kappa shape index (κ2) is 3.35. The first kappa shape index (κ1) is 9.39. The molecule has 0 aromatic heterocycles. The van der Waals surface area contributed by atoms with Gasteiger partial charge in [-0.25, -0.2) is 4.39 Å². The summed E-state index contributed by atoms with van der Waals surface area (Å²) in [6.45, 7) is 3.09. The van der Waals surface area contributed by atoms with Crippen molar-refractivity contribution in [3.8, 4) is 0 Å². The smallest absolute Gasteiger partial charge is 0.160 e. The first-order chi connectivity index (χ1) is 5.54. The van der Waals surface area contributed by atoms with Gasteiger partial charge in [0.25, 0.3) is 0 Å². The van der Waals surface area contributed by atoms with Crippen LogP contribution in [0.3, 0.4) is 0 Å². The molecule has 1 nitrogen and oxygen atoms in total. The number of hydrogen-bond donors (Lipinski definition) is 0. The minimum atomic E-state index is -0.299. The maximum atomic E-state index is 12.9. The van der Waals surface area contributed by atoms with Crippen LogP contribution in [0, 0.1) is 12.7 Å². The van der Waals surface area contributed by atoms with Crippen molar-refractivity contribution in [1.82, 2.24) is 0 Å². The Morgan fingerprint density at radius 1 is 1.50 bits per heavy atom. The highest BCUT2D eigenvalue weighted by molar-refractivity contribution is 9.10. The van der Waals surface area contributed by atoms with Crippen LogP contribution in [-0.2, 0) is 0 Å². The van der Waals surface area contributed by atoms with Gasteiger partial charge in [0.15, 0.2) is 5.78 Å². The molecule has 0 atom stereocenters. The van der Waals surface area contributed by atoms with Crippen molar-refractivity contribution in [2.24, 2.45) is 0 Å². The Hall–Kier alpha value is -0.700. The van der Waals surface area contributed by atoms with Crippen molar-refractivity contribution in [2.75, 3.05) is 0 Å². The van der Waals surface area contributed by atoms with Crippen LogP contribution < -0.4 is 0 Å².